The van der Waals surface area contributed by atoms with Crippen molar-refractivity contribution in [1.29, 1.82) is 0 Å². The molecule has 0 spiro atoms. The third kappa shape index (κ3) is 2.60. The molecule has 0 aliphatic carbocycles. The first-order valence-corrected chi connectivity index (χ1v) is 5.20. The molecule has 2 nitrogen and oxygen atoms in total. The molecule has 0 aromatic heterocycles. The van der Waals surface area contributed by atoms with Gasteiger partial charge in [0.25, 0.3) is 0 Å². The Hall–Kier alpha value is -1.66. The van der Waals surface area contributed by atoms with E-state index >= 15 is 0 Å². The molecule has 0 bridgehead atoms. The van der Waals surface area contributed by atoms with E-state index in [9.17, 15) is 22.0 Å². The van der Waals surface area contributed by atoms with Crippen molar-refractivity contribution < 1.29 is 22.0 Å². The molecule has 0 saturated heterocycles. The normalized spacial score (nSPS) is 16.1. The second-order valence-electron chi connectivity index (χ2n) is 3.88. The van der Waals surface area contributed by atoms with Crippen molar-refractivity contribution in [1.82, 2.24) is 5.01 Å². The number of hydrazone groups is 1. The van der Waals surface area contributed by atoms with E-state index < -0.39 is 23.5 Å². The molecule has 2 rings (SSSR count). The summed E-state index contributed by atoms with van der Waals surface area (Å²) >= 11 is 0. The molecule has 1 aliphatic heterocycles. The van der Waals surface area contributed by atoms with Gasteiger partial charge in [-0.25, -0.2) is 8.78 Å². The van der Waals surface area contributed by atoms with Crippen molar-refractivity contribution in [2.24, 2.45) is 5.10 Å². The van der Waals surface area contributed by atoms with Crippen LogP contribution in [0.1, 0.15) is 12.0 Å². The fraction of sp³-hybridized carbons (Fsp3) is 0.364. The van der Waals surface area contributed by atoms with Crippen LogP contribution in [0.15, 0.2) is 23.3 Å². The maximum Gasteiger partial charge on any atom is 0.431 e. The zero-order chi connectivity index (χ0) is 13.3. The molecular formula is C11H9F5N2. The summed E-state index contributed by atoms with van der Waals surface area (Å²) in [6.07, 6.45) is -4.75. The van der Waals surface area contributed by atoms with Crippen LogP contribution in [0.4, 0.5) is 22.0 Å². The number of hydrogen-bond acceptors (Lipinski definition) is 2. The third-order valence-electron chi connectivity index (χ3n) is 2.60. The monoisotopic (exact) mass is 264 g/mol. The maximum atomic E-state index is 13.3. The molecule has 0 unspecified atom stereocenters. The van der Waals surface area contributed by atoms with E-state index in [1.807, 2.05) is 0 Å². The quantitative estimate of drug-likeness (QED) is 0.749. The highest BCUT2D eigenvalue weighted by atomic mass is 19.4. The standard InChI is InChI=1S/C11H9F5N2/c12-8-2-1-3-9(13)7(8)6-18-5-4-10(17-18)11(14,15)16/h1-3H,4-6H2. The van der Waals surface area contributed by atoms with Crippen LogP contribution < -0.4 is 0 Å². The zero-order valence-corrected chi connectivity index (χ0v) is 9.14. The number of benzene rings is 1. The summed E-state index contributed by atoms with van der Waals surface area (Å²) in [6.45, 7) is -0.305. The Kier molecular flexibility index (Phi) is 3.23. The first-order chi connectivity index (χ1) is 8.38. The number of nitrogens with zero attached hydrogens (tertiary/aromatic N) is 2. The topological polar surface area (TPSA) is 15.6 Å². The summed E-state index contributed by atoms with van der Waals surface area (Å²) in [7, 11) is 0. The zero-order valence-electron chi connectivity index (χ0n) is 9.14. The first kappa shape index (κ1) is 12.8. The molecule has 7 heteroatoms. The Labute approximate surface area is 99.7 Å². The van der Waals surface area contributed by atoms with Crippen LogP contribution in [-0.2, 0) is 6.54 Å². The summed E-state index contributed by atoms with van der Waals surface area (Å²) < 4.78 is 63.6. The molecule has 0 N–H and O–H groups in total. The lowest BCUT2D eigenvalue weighted by molar-refractivity contribution is -0.0600. The highest BCUT2D eigenvalue weighted by molar-refractivity contribution is 5.90. The molecule has 0 amide bonds. The molecular weight excluding hydrogens is 255 g/mol. The Bertz CT molecular complexity index is 461. The van der Waals surface area contributed by atoms with Crippen molar-refractivity contribution in [3.8, 4) is 0 Å². The van der Waals surface area contributed by atoms with Gasteiger partial charge in [-0.15, -0.1) is 0 Å². The largest absolute Gasteiger partial charge is 0.431 e. The SMILES string of the molecule is Fc1cccc(F)c1CN1CCC(C(F)(F)F)=N1. The summed E-state index contributed by atoms with van der Waals surface area (Å²) in [5.41, 5.74) is -1.19. The van der Waals surface area contributed by atoms with E-state index in [0.717, 1.165) is 17.1 Å². The van der Waals surface area contributed by atoms with Gasteiger partial charge in [-0.1, -0.05) is 6.07 Å². The predicted molar refractivity (Wildman–Crippen MR) is 54.9 cm³/mol. The number of halogens is 5. The molecule has 0 fully saturated rings. The van der Waals surface area contributed by atoms with Crippen LogP contribution in [0.25, 0.3) is 0 Å². The minimum Gasteiger partial charge on any atom is -0.292 e. The van der Waals surface area contributed by atoms with E-state index in [1.54, 1.807) is 0 Å². The Morgan fingerprint density at radius 1 is 1.17 bits per heavy atom. The van der Waals surface area contributed by atoms with Gasteiger partial charge in [-0.2, -0.15) is 18.3 Å². The summed E-state index contributed by atoms with van der Waals surface area (Å²) in [5.74, 6) is -1.57. The van der Waals surface area contributed by atoms with E-state index in [1.165, 1.54) is 6.07 Å². The van der Waals surface area contributed by atoms with Gasteiger partial charge >= 0.3 is 6.18 Å². The Balaban J connectivity index is 2.15. The molecule has 0 radical (unpaired) electrons. The maximum absolute atomic E-state index is 13.3. The Morgan fingerprint density at radius 2 is 1.78 bits per heavy atom. The number of rotatable bonds is 2. The van der Waals surface area contributed by atoms with Crippen molar-refractivity contribution >= 4 is 5.71 Å². The van der Waals surface area contributed by atoms with Crippen LogP contribution >= 0.6 is 0 Å². The van der Waals surface area contributed by atoms with E-state index in [4.69, 9.17) is 0 Å². The lowest BCUT2D eigenvalue weighted by Gasteiger charge is -2.14. The molecule has 18 heavy (non-hydrogen) atoms. The van der Waals surface area contributed by atoms with Crippen LogP contribution in [0.5, 0.6) is 0 Å². The fourth-order valence-electron chi connectivity index (χ4n) is 1.68. The van der Waals surface area contributed by atoms with Gasteiger partial charge in [0.15, 0.2) is 0 Å². The van der Waals surface area contributed by atoms with Gasteiger partial charge in [0.2, 0.25) is 0 Å². The van der Waals surface area contributed by atoms with Crippen molar-refractivity contribution in [3.05, 3.63) is 35.4 Å². The third-order valence-corrected chi connectivity index (χ3v) is 2.60. The van der Waals surface area contributed by atoms with Gasteiger partial charge < -0.3 is 0 Å². The van der Waals surface area contributed by atoms with E-state index in [2.05, 4.69) is 5.10 Å². The minimum absolute atomic E-state index is 0.00260. The molecule has 1 heterocycles. The average molecular weight is 264 g/mol. The lowest BCUT2D eigenvalue weighted by atomic mass is 10.2. The number of alkyl halides is 3. The molecule has 98 valence electrons. The van der Waals surface area contributed by atoms with Crippen molar-refractivity contribution in [2.45, 2.75) is 19.1 Å². The minimum atomic E-state index is -4.48. The van der Waals surface area contributed by atoms with Gasteiger partial charge in [0.1, 0.15) is 17.3 Å². The molecule has 1 aromatic rings. The van der Waals surface area contributed by atoms with Crippen LogP contribution in [0.2, 0.25) is 0 Å². The smallest absolute Gasteiger partial charge is 0.292 e. The van der Waals surface area contributed by atoms with E-state index in [-0.39, 0.29) is 25.1 Å². The average Bonchev–Trinajstić information content (AvgIpc) is 2.72. The van der Waals surface area contributed by atoms with E-state index in [0.29, 0.717) is 0 Å². The van der Waals surface area contributed by atoms with Crippen molar-refractivity contribution in [2.75, 3.05) is 6.54 Å². The second-order valence-corrected chi connectivity index (χ2v) is 3.88. The molecule has 0 atom stereocenters. The van der Waals surface area contributed by atoms with Crippen LogP contribution in [-0.4, -0.2) is 23.4 Å². The fourth-order valence-corrected chi connectivity index (χ4v) is 1.68. The van der Waals surface area contributed by atoms with Crippen LogP contribution in [0, 0.1) is 11.6 Å². The highest BCUT2D eigenvalue weighted by Crippen LogP contribution is 2.25. The van der Waals surface area contributed by atoms with Gasteiger partial charge in [-0.3, -0.25) is 5.01 Å². The first-order valence-electron chi connectivity index (χ1n) is 5.20. The van der Waals surface area contributed by atoms with Gasteiger partial charge in [-0.05, 0) is 12.1 Å². The summed E-state index contributed by atoms with van der Waals surface area (Å²) in [5, 5.41) is 4.35. The molecule has 0 saturated carbocycles. The predicted octanol–water partition coefficient (Wildman–Crippen LogP) is 3.09. The second kappa shape index (κ2) is 4.55. The molecule has 1 aliphatic rings. The number of hydrogen-bond donors (Lipinski definition) is 0. The highest BCUT2D eigenvalue weighted by Gasteiger charge is 2.38. The van der Waals surface area contributed by atoms with Gasteiger partial charge in [0, 0.05) is 18.5 Å². The summed E-state index contributed by atoms with van der Waals surface area (Å²) in [6, 6.07) is 3.31. The van der Waals surface area contributed by atoms with Gasteiger partial charge in [0.05, 0.1) is 6.54 Å². The van der Waals surface area contributed by atoms with Crippen molar-refractivity contribution in [3.63, 3.8) is 0 Å². The lowest BCUT2D eigenvalue weighted by Crippen LogP contribution is -2.20. The Morgan fingerprint density at radius 3 is 2.28 bits per heavy atom. The summed E-state index contributed by atoms with van der Waals surface area (Å²) in [4.78, 5) is 0. The molecule has 1 aromatic carbocycles. The van der Waals surface area contributed by atoms with Crippen LogP contribution in [0.3, 0.4) is 0 Å².